The summed E-state index contributed by atoms with van der Waals surface area (Å²) >= 11 is 0. The zero-order valence-electron chi connectivity index (χ0n) is 20.6. The molecule has 0 radical (unpaired) electrons. The Morgan fingerprint density at radius 2 is 1.39 bits per heavy atom. The minimum absolute atomic E-state index is 0.247. The second-order valence-electron chi connectivity index (χ2n) is 9.90. The third kappa shape index (κ3) is 4.79. The molecular weight excluding hydrogens is 444 g/mol. The molecular formula is C32H32N2O2. The summed E-state index contributed by atoms with van der Waals surface area (Å²) in [5.41, 5.74) is 9.61. The minimum atomic E-state index is -0.549. The lowest BCUT2D eigenvalue weighted by Crippen LogP contribution is -2.39. The van der Waals surface area contributed by atoms with Crippen molar-refractivity contribution in [3.8, 4) is 5.88 Å². The van der Waals surface area contributed by atoms with Crippen molar-refractivity contribution in [2.24, 2.45) is 0 Å². The molecule has 1 N–H and O–H groups in total. The Bertz CT molecular complexity index is 1350. The number of aliphatic hydroxyl groups is 1. The summed E-state index contributed by atoms with van der Waals surface area (Å²) in [7, 11) is 0. The fourth-order valence-corrected chi connectivity index (χ4v) is 5.68. The molecule has 1 unspecified atom stereocenters. The first kappa shape index (κ1) is 23.0. The van der Waals surface area contributed by atoms with Crippen LogP contribution in [0.15, 0.2) is 90.5 Å². The van der Waals surface area contributed by atoms with Crippen molar-refractivity contribution in [1.82, 2.24) is 9.88 Å². The van der Waals surface area contributed by atoms with E-state index >= 15 is 0 Å². The van der Waals surface area contributed by atoms with E-state index < -0.39 is 6.10 Å². The molecule has 0 spiro atoms. The zero-order chi connectivity index (χ0) is 24.3. The average molecular weight is 477 g/mol. The van der Waals surface area contributed by atoms with Crippen molar-refractivity contribution in [3.63, 3.8) is 0 Å². The van der Waals surface area contributed by atoms with Crippen LogP contribution in [0.25, 0.3) is 16.5 Å². The van der Waals surface area contributed by atoms with Crippen LogP contribution in [-0.4, -0.2) is 47.3 Å². The van der Waals surface area contributed by atoms with Gasteiger partial charge in [-0.2, -0.15) is 0 Å². The lowest BCUT2D eigenvalue weighted by atomic mass is 9.86. The zero-order valence-corrected chi connectivity index (χ0v) is 20.6. The Morgan fingerprint density at radius 1 is 0.750 bits per heavy atom. The largest absolute Gasteiger partial charge is 0.475 e. The van der Waals surface area contributed by atoms with Crippen LogP contribution in [0.3, 0.4) is 0 Å². The second-order valence-corrected chi connectivity index (χ2v) is 9.90. The summed E-state index contributed by atoms with van der Waals surface area (Å²) < 4.78 is 5.83. The highest BCUT2D eigenvalue weighted by Crippen LogP contribution is 2.38. The number of aryl methyl sites for hydroxylation is 2. The summed E-state index contributed by atoms with van der Waals surface area (Å²) in [6.07, 6.45) is 3.69. The highest BCUT2D eigenvalue weighted by Gasteiger charge is 2.24. The predicted molar refractivity (Wildman–Crippen MR) is 145 cm³/mol. The van der Waals surface area contributed by atoms with Gasteiger partial charge in [0.05, 0.1) is 5.52 Å². The quantitative estimate of drug-likeness (QED) is 0.403. The molecule has 3 aromatic carbocycles. The number of aliphatic hydroxyl groups excluding tert-OH is 1. The lowest BCUT2D eigenvalue weighted by molar-refractivity contribution is 0.0641. The van der Waals surface area contributed by atoms with Crippen LogP contribution in [0.4, 0.5) is 0 Å². The molecule has 1 aromatic heterocycles. The number of pyridine rings is 1. The van der Waals surface area contributed by atoms with E-state index in [-0.39, 0.29) is 6.61 Å². The number of piperidine rings is 1. The van der Waals surface area contributed by atoms with Gasteiger partial charge in [0.1, 0.15) is 12.7 Å². The summed E-state index contributed by atoms with van der Waals surface area (Å²) in [4.78, 5) is 6.91. The molecule has 0 amide bonds. The van der Waals surface area contributed by atoms with Crippen LogP contribution in [-0.2, 0) is 12.8 Å². The third-order valence-corrected chi connectivity index (χ3v) is 7.52. The van der Waals surface area contributed by atoms with Gasteiger partial charge < -0.3 is 9.84 Å². The Balaban J connectivity index is 1.12. The number of β-amino-alcohol motifs (C(OH)–C–C–N with tert-alkyl or cyclic N) is 1. The molecule has 182 valence electrons. The topological polar surface area (TPSA) is 45.6 Å². The van der Waals surface area contributed by atoms with Gasteiger partial charge in [-0.3, -0.25) is 4.90 Å². The van der Waals surface area contributed by atoms with E-state index in [1.807, 2.05) is 36.4 Å². The first-order valence-electron chi connectivity index (χ1n) is 13.0. The second kappa shape index (κ2) is 10.3. The number of benzene rings is 3. The minimum Gasteiger partial charge on any atom is -0.475 e. The Kier molecular flexibility index (Phi) is 6.54. The fourth-order valence-electron chi connectivity index (χ4n) is 5.68. The molecule has 4 heteroatoms. The molecule has 1 atom stereocenters. The summed E-state index contributed by atoms with van der Waals surface area (Å²) in [6, 6.07) is 29.7. The van der Waals surface area contributed by atoms with Crippen molar-refractivity contribution >= 4 is 16.5 Å². The maximum atomic E-state index is 10.7. The summed E-state index contributed by atoms with van der Waals surface area (Å²) in [5, 5.41) is 11.8. The van der Waals surface area contributed by atoms with Crippen LogP contribution in [0.1, 0.15) is 35.1 Å². The summed E-state index contributed by atoms with van der Waals surface area (Å²) in [5.74, 6) is 0.559. The van der Waals surface area contributed by atoms with Gasteiger partial charge >= 0.3 is 0 Å². The van der Waals surface area contributed by atoms with Crippen molar-refractivity contribution in [2.75, 3.05) is 26.2 Å². The van der Waals surface area contributed by atoms with Crippen LogP contribution in [0.5, 0.6) is 5.88 Å². The van der Waals surface area contributed by atoms with Gasteiger partial charge in [-0.05, 0) is 65.6 Å². The van der Waals surface area contributed by atoms with E-state index in [0.29, 0.717) is 12.4 Å². The van der Waals surface area contributed by atoms with Crippen LogP contribution in [0, 0.1) is 0 Å². The van der Waals surface area contributed by atoms with Gasteiger partial charge in [0, 0.05) is 31.1 Å². The number of fused-ring (bicyclic) bond motifs is 3. The molecule has 6 rings (SSSR count). The maximum Gasteiger partial charge on any atom is 0.213 e. The molecule has 0 saturated carbocycles. The maximum absolute atomic E-state index is 10.7. The number of aromatic nitrogens is 1. The van der Waals surface area contributed by atoms with E-state index in [4.69, 9.17) is 4.74 Å². The normalized spacial score (nSPS) is 16.8. The molecule has 2 aliphatic rings. The number of ether oxygens (including phenoxy) is 1. The van der Waals surface area contributed by atoms with Gasteiger partial charge in [0.15, 0.2) is 0 Å². The molecule has 1 fully saturated rings. The van der Waals surface area contributed by atoms with E-state index in [2.05, 4.69) is 58.4 Å². The van der Waals surface area contributed by atoms with Crippen LogP contribution in [0.2, 0.25) is 0 Å². The highest BCUT2D eigenvalue weighted by atomic mass is 16.5. The number of nitrogens with zero attached hydrogens (tertiary/aromatic N) is 2. The third-order valence-electron chi connectivity index (χ3n) is 7.52. The molecule has 1 aliphatic heterocycles. The van der Waals surface area contributed by atoms with E-state index in [9.17, 15) is 5.11 Å². The average Bonchev–Trinajstić information content (AvgIpc) is 3.09. The molecule has 4 aromatic rings. The van der Waals surface area contributed by atoms with Crippen molar-refractivity contribution in [2.45, 2.75) is 31.8 Å². The standard InChI is InChI=1S/C32H32N2O2/c35-27(22-36-31-16-15-25-9-3-6-12-30(25)33-31)21-34-19-17-26(18-20-34)32-28-10-4-1-7-23(28)13-14-24-8-2-5-11-29(24)32/h1-12,15-16,27,35H,13-14,17-22H2. The van der Waals surface area contributed by atoms with Crippen LogP contribution >= 0.6 is 0 Å². The van der Waals surface area contributed by atoms with Gasteiger partial charge in [-0.25, -0.2) is 4.98 Å². The van der Waals surface area contributed by atoms with Crippen molar-refractivity contribution in [1.29, 1.82) is 0 Å². The molecule has 1 aliphatic carbocycles. The molecule has 2 heterocycles. The SMILES string of the molecule is OC(COc1ccc2ccccc2n1)CN1CCC(=C2c3ccccc3CCc3ccccc32)CC1. The number of para-hydroxylation sites is 1. The van der Waals surface area contributed by atoms with Gasteiger partial charge in [0.2, 0.25) is 5.88 Å². The first-order valence-corrected chi connectivity index (χ1v) is 13.0. The lowest BCUT2D eigenvalue weighted by Gasteiger charge is -2.31. The van der Waals surface area contributed by atoms with Gasteiger partial charge in [-0.15, -0.1) is 0 Å². The number of rotatable bonds is 5. The Hall–Kier alpha value is -3.47. The van der Waals surface area contributed by atoms with Gasteiger partial charge in [-0.1, -0.05) is 72.3 Å². The summed E-state index contributed by atoms with van der Waals surface area (Å²) in [6.45, 7) is 2.77. The monoisotopic (exact) mass is 476 g/mol. The first-order chi connectivity index (χ1) is 17.7. The smallest absolute Gasteiger partial charge is 0.213 e. The molecule has 4 nitrogen and oxygen atoms in total. The van der Waals surface area contributed by atoms with Crippen molar-refractivity contribution in [3.05, 3.63) is 113 Å². The van der Waals surface area contributed by atoms with E-state index in [1.165, 1.54) is 27.8 Å². The molecule has 1 saturated heterocycles. The molecule has 36 heavy (non-hydrogen) atoms. The Labute approximate surface area is 212 Å². The predicted octanol–water partition coefficient (Wildman–Crippen LogP) is 5.67. The van der Waals surface area contributed by atoms with E-state index in [0.717, 1.165) is 49.7 Å². The Morgan fingerprint density at radius 3 is 2.11 bits per heavy atom. The number of hydrogen-bond acceptors (Lipinski definition) is 4. The van der Waals surface area contributed by atoms with Crippen molar-refractivity contribution < 1.29 is 9.84 Å². The van der Waals surface area contributed by atoms with Gasteiger partial charge in [0.25, 0.3) is 0 Å². The number of hydrogen-bond donors (Lipinski definition) is 1. The highest BCUT2D eigenvalue weighted by molar-refractivity contribution is 5.86. The molecule has 0 bridgehead atoms. The van der Waals surface area contributed by atoms with E-state index in [1.54, 1.807) is 5.57 Å². The number of likely N-dealkylation sites (tertiary alicyclic amines) is 1. The van der Waals surface area contributed by atoms with Crippen LogP contribution < -0.4 is 4.74 Å². The fraction of sp³-hybridized carbons (Fsp3) is 0.281.